The maximum atomic E-state index is 13.3. The van der Waals surface area contributed by atoms with E-state index in [9.17, 15) is 23.1 Å². The number of phenolic OH excluding ortho intramolecular Hbond substituents is 1. The van der Waals surface area contributed by atoms with Crippen LogP contribution < -0.4 is 10.2 Å². The van der Waals surface area contributed by atoms with Crippen LogP contribution in [0.25, 0.3) is 11.0 Å². The van der Waals surface area contributed by atoms with E-state index in [-0.39, 0.29) is 22.5 Å². The van der Waals surface area contributed by atoms with Crippen molar-refractivity contribution in [2.24, 2.45) is 5.10 Å². The number of phenols is 1. The summed E-state index contributed by atoms with van der Waals surface area (Å²) < 4.78 is 46.0. The van der Waals surface area contributed by atoms with Gasteiger partial charge >= 0.3 is 6.18 Å². The monoisotopic (exact) mass is 470 g/mol. The third-order valence-electron chi connectivity index (χ3n) is 3.88. The summed E-state index contributed by atoms with van der Waals surface area (Å²) in [6.45, 7) is -0.616. The highest BCUT2D eigenvalue weighted by Gasteiger charge is 2.37. The van der Waals surface area contributed by atoms with Crippen molar-refractivity contribution in [1.29, 1.82) is 0 Å². The van der Waals surface area contributed by atoms with Gasteiger partial charge in [-0.05, 0) is 45.8 Å². The standard InChI is InChI=1S/C18H14BrF3N4O3/c1-29-14-7-10(6-11(19)16(14)28)8-23-25-15(27)9-26-13-5-3-2-4-12(13)24-17(26)18(20,21)22/h2-8,28H,9H2,1H3,(H,25,27)/b23-8+. The molecule has 0 aliphatic carbocycles. The summed E-state index contributed by atoms with van der Waals surface area (Å²) in [5.74, 6) is -1.84. The molecule has 0 saturated carbocycles. The summed E-state index contributed by atoms with van der Waals surface area (Å²) >= 11 is 3.15. The topological polar surface area (TPSA) is 88.7 Å². The van der Waals surface area contributed by atoms with Gasteiger partial charge in [-0.2, -0.15) is 18.3 Å². The van der Waals surface area contributed by atoms with E-state index < -0.39 is 24.5 Å². The van der Waals surface area contributed by atoms with Crippen molar-refractivity contribution in [3.8, 4) is 11.5 Å². The van der Waals surface area contributed by atoms with Crippen molar-refractivity contribution >= 4 is 39.1 Å². The summed E-state index contributed by atoms with van der Waals surface area (Å²) in [5.41, 5.74) is 2.99. The average Bonchev–Trinajstić information content (AvgIpc) is 3.03. The second kappa shape index (κ2) is 8.11. The highest BCUT2D eigenvalue weighted by molar-refractivity contribution is 9.10. The molecule has 0 fully saturated rings. The van der Waals surface area contributed by atoms with Crippen LogP contribution in [0.4, 0.5) is 13.2 Å². The number of rotatable bonds is 5. The Kier molecular flexibility index (Phi) is 5.78. The van der Waals surface area contributed by atoms with Gasteiger partial charge in [0.05, 0.1) is 28.8 Å². The number of aromatic nitrogens is 2. The van der Waals surface area contributed by atoms with Gasteiger partial charge in [-0.3, -0.25) is 4.79 Å². The van der Waals surface area contributed by atoms with Crippen LogP contribution in [0.3, 0.4) is 0 Å². The summed E-state index contributed by atoms with van der Waals surface area (Å²) in [6, 6.07) is 9.02. The molecule has 2 N–H and O–H groups in total. The number of carbonyl (C=O) groups is 1. The lowest BCUT2D eigenvalue weighted by Gasteiger charge is -2.10. The maximum Gasteiger partial charge on any atom is 0.449 e. The molecule has 0 unspecified atom stereocenters. The number of imidazole rings is 1. The van der Waals surface area contributed by atoms with Crippen molar-refractivity contribution in [1.82, 2.24) is 15.0 Å². The average molecular weight is 471 g/mol. The van der Waals surface area contributed by atoms with Crippen LogP contribution in [0, 0.1) is 0 Å². The molecule has 7 nitrogen and oxygen atoms in total. The quantitative estimate of drug-likeness (QED) is 0.439. The van der Waals surface area contributed by atoms with E-state index in [0.717, 1.165) is 4.57 Å². The predicted octanol–water partition coefficient (Wildman–Crippen LogP) is 3.68. The van der Waals surface area contributed by atoms with Gasteiger partial charge in [0.15, 0.2) is 11.5 Å². The lowest BCUT2D eigenvalue weighted by atomic mass is 10.2. The third-order valence-corrected chi connectivity index (χ3v) is 4.49. The molecule has 0 radical (unpaired) electrons. The van der Waals surface area contributed by atoms with Crippen molar-refractivity contribution in [2.45, 2.75) is 12.7 Å². The molecule has 2 aromatic carbocycles. The van der Waals surface area contributed by atoms with Crippen LogP contribution in [0.1, 0.15) is 11.4 Å². The van der Waals surface area contributed by atoms with Crippen LogP contribution in [-0.2, 0) is 17.5 Å². The van der Waals surface area contributed by atoms with E-state index in [1.165, 1.54) is 37.6 Å². The van der Waals surface area contributed by atoms with Crippen molar-refractivity contribution < 1.29 is 27.8 Å². The Morgan fingerprint density at radius 3 is 2.79 bits per heavy atom. The van der Waals surface area contributed by atoms with Gasteiger partial charge in [-0.15, -0.1) is 0 Å². The van der Waals surface area contributed by atoms with E-state index in [1.807, 2.05) is 0 Å². The molecule has 0 saturated heterocycles. The summed E-state index contributed by atoms with van der Waals surface area (Å²) in [6.07, 6.45) is -3.45. The number of hydrogen-bond donors (Lipinski definition) is 2. The number of amides is 1. The fourth-order valence-corrected chi connectivity index (χ4v) is 3.09. The summed E-state index contributed by atoms with van der Waals surface area (Å²) in [5, 5.41) is 13.5. The Bertz CT molecular complexity index is 1100. The smallest absolute Gasteiger partial charge is 0.449 e. The molecule has 0 aliphatic rings. The highest BCUT2D eigenvalue weighted by atomic mass is 79.9. The van der Waals surface area contributed by atoms with Gasteiger partial charge in [-0.1, -0.05) is 12.1 Å². The minimum Gasteiger partial charge on any atom is -0.503 e. The van der Waals surface area contributed by atoms with Crippen molar-refractivity contribution in [3.63, 3.8) is 0 Å². The number of para-hydroxylation sites is 2. The number of methoxy groups -OCH3 is 1. The minimum atomic E-state index is -4.71. The largest absolute Gasteiger partial charge is 0.503 e. The first-order valence-electron chi connectivity index (χ1n) is 8.11. The molecular weight excluding hydrogens is 457 g/mol. The number of hydrogen-bond acceptors (Lipinski definition) is 5. The number of ether oxygens (including phenoxy) is 1. The van der Waals surface area contributed by atoms with Gasteiger partial charge in [0.2, 0.25) is 5.82 Å². The molecule has 0 bridgehead atoms. The van der Waals surface area contributed by atoms with E-state index in [2.05, 4.69) is 31.4 Å². The molecule has 1 amide bonds. The lowest BCUT2D eigenvalue weighted by molar-refractivity contribution is -0.147. The zero-order valence-electron chi connectivity index (χ0n) is 14.9. The van der Waals surface area contributed by atoms with E-state index in [4.69, 9.17) is 4.74 Å². The van der Waals surface area contributed by atoms with Crippen LogP contribution in [0.5, 0.6) is 11.5 Å². The normalized spacial score (nSPS) is 11.9. The number of aromatic hydroxyl groups is 1. The number of nitrogens with one attached hydrogen (secondary N) is 1. The van der Waals surface area contributed by atoms with E-state index >= 15 is 0 Å². The maximum absolute atomic E-state index is 13.3. The Morgan fingerprint density at radius 1 is 1.38 bits per heavy atom. The van der Waals surface area contributed by atoms with Gasteiger partial charge < -0.3 is 14.4 Å². The Labute approximate surface area is 170 Å². The number of halogens is 4. The number of fused-ring (bicyclic) bond motifs is 1. The second-order valence-electron chi connectivity index (χ2n) is 5.85. The number of alkyl halides is 3. The number of carbonyl (C=O) groups excluding carboxylic acids is 1. The fraction of sp³-hybridized carbons (Fsp3) is 0.167. The molecule has 0 aliphatic heterocycles. The molecule has 0 atom stereocenters. The Morgan fingerprint density at radius 2 is 2.10 bits per heavy atom. The lowest BCUT2D eigenvalue weighted by Crippen LogP contribution is -2.26. The van der Waals surface area contributed by atoms with Crippen LogP contribution in [-0.4, -0.2) is 33.9 Å². The molecule has 3 rings (SSSR count). The first kappa shape index (κ1) is 20.6. The number of benzene rings is 2. The SMILES string of the molecule is COc1cc(/C=N/NC(=O)Cn2c(C(F)(F)F)nc3ccccc32)cc(Br)c1O. The zero-order valence-corrected chi connectivity index (χ0v) is 16.5. The van der Waals surface area contributed by atoms with Crippen molar-refractivity contribution in [3.05, 3.63) is 52.3 Å². The Hall–Kier alpha value is -3.08. The van der Waals surface area contributed by atoms with Gasteiger partial charge in [0.25, 0.3) is 5.91 Å². The molecule has 0 spiro atoms. The van der Waals surface area contributed by atoms with Crippen LogP contribution in [0.2, 0.25) is 0 Å². The van der Waals surface area contributed by atoms with Gasteiger partial charge in [-0.25, -0.2) is 10.4 Å². The zero-order chi connectivity index (χ0) is 21.2. The highest BCUT2D eigenvalue weighted by Crippen LogP contribution is 2.34. The van der Waals surface area contributed by atoms with Gasteiger partial charge in [0.1, 0.15) is 6.54 Å². The second-order valence-corrected chi connectivity index (χ2v) is 6.71. The van der Waals surface area contributed by atoms with Crippen molar-refractivity contribution in [2.75, 3.05) is 7.11 Å². The molecule has 29 heavy (non-hydrogen) atoms. The molecular formula is C18H14BrF3N4O3. The number of nitrogens with zero attached hydrogens (tertiary/aromatic N) is 3. The fourth-order valence-electron chi connectivity index (χ4n) is 2.63. The Balaban J connectivity index is 1.78. The van der Waals surface area contributed by atoms with E-state index in [0.29, 0.717) is 10.0 Å². The molecule has 1 aromatic heterocycles. The van der Waals surface area contributed by atoms with Crippen LogP contribution in [0.15, 0.2) is 46.0 Å². The van der Waals surface area contributed by atoms with Crippen LogP contribution >= 0.6 is 15.9 Å². The molecule has 152 valence electrons. The first-order valence-corrected chi connectivity index (χ1v) is 8.91. The van der Waals surface area contributed by atoms with Gasteiger partial charge in [0, 0.05) is 0 Å². The molecule has 3 aromatic rings. The first-order chi connectivity index (χ1) is 13.7. The third kappa shape index (κ3) is 4.50. The van der Waals surface area contributed by atoms with E-state index in [1.54, 1.807) is 12.1 Å². The summed E-state index contributed by atoms with van der Waals surface area (Å²) in [7, 11) is 1.37. The minimum absolute atomic E-state index is 0.0969. The summed E-state index contributed by atoms with van der Waals surface area (Å²) in [4.78, 5) is 15.7. The predicted molar refractivity (Wildman–Crippen MR) is 103 cm³/mol. The molecule has 1 heterocycles. The number of hydrazone groups is 1. The molecule has 11 heteroatoms.